The average Bonchev–Trinajstić information content (AvgIpc) is 2.47. The number of amides is 1. The number of hydrogen-bond donors (Lipinski definition) is 0. The Balaban J connectivity index is 1.87. The van der Waals surface area contributed by atoms with Gasteiger partial charge in [0, 0.05) is 38.6 Å². The van der Waals surface area contributed by atoms with Crippen LogP contribution in [0.3, 0.4) is 0 Å². The molecular formula is C16H26N4O2. The second kappa shape index (κ2) is 6.94. The summed E-state index contributed by atoms with van der Waals surface area (Å²) in [5.41, 5.74) is 0.713. The lowest BCUT2D eigenvalue weighted by molar-refractivity contribution is 0.0240. The molecule has 1 aromatic rings. The van der Waals surface area contributed by atoms with Gasteiger partial charge in [-0.3, -0.25) is 0 Å². The monoisotopic (exact) mass is 306 g/mol. The molecule has 0 aromatic carbocycles. The lowest BCUT2D eigenvalue weighted by Crippen LogP contribution is -2.50. The second-order valence-corrected chi connectivity index (χ2v) is 6.60. The number of rotatable bonds is 3. The molecule has 0 unspecified atom stereocenters. The highest BCUT2D eigenvalue weighted by molar-refractivity contribution is 5.68. The highest BCUT2D eigenvalue weighted by Gasteiger charge is 2.26. The van der Waals surface area contributed by atoms with Gasteiger partial charge in [0.15, 0.2) is 0 Å². The van der Waals surface area contributed by atoms with Gasteiger partial charge in [-0.05, 0) is 32.8 Å². The van der Waals surface area contributed by atoms with Crippen molar-refractivity contribution < 1.29 is 9.53 Å². The number of ether oxygens (including phenoxy) is 1. The van der Waals surface area contributed by atoms with Gasteiger partial charge in [0.25, 0.3) is 0 Å². The molecule has 0 bridgehead atoms. The number of nitrogens with zero attached hydrogens (tertiary/aromatic N) is 4. The van der Waals surface area contributed by atoms with Gasteiger partial charge in [-0.25, -0.2) is 14.8 Å². The molecular weight excluding hydrogens is 280 g/mol. The van der Waals surface area contributed by atoms with Crippen LogP contribution in [-0.2, 0) is 11.2 Å². The zero-order valence-electron chi connectivity index (χ0n) is 14.0. The maximum absolute atomic E-state index is 12.0. The van der Waals surface area contributed by atoms with Crippen LogP contribution in [0.25, 0.3) is 0 Å². The van der Waals surface area contributed by atoms with Gasteiger partial charge in [0.2, 0.25) is 5.95 Å². The van der Waals surface area contributed by atoms with Gasteiger partial charge in [0.05, 0.1) is 0 Å². The van der Waals surface area contributed by atoms with Crippen molar-refractivity contribution >= 4 is 12.0 Å². The molecule has 22 heavy (non-hydrogen) atoms. The van der Waals surface area contributed by atoms with E-state index in [2.05, 4.69) is 21.8 Å². The van der Waals surface area contributed by atoms with Crippen LogP contribution < -0.4 is 4.90 Å². The molecule has 6 nitrogen and oxygen atoms in total. The molecule has 1 aromatic heterocycles. The molecule has 122 valence electrons. The van der Waals surface area contributed by atoms with Crippen molar-refractivity contribution in [3.8, 4) is 0 Å². The molecule has 6 heteroatoms. The van der Waals surface area contributed by atoms with Crippen LogP contribution >= 0.6 is 0 Å². The molecule has 1 saturated heterocycles. The van der Waals surface area contributed by atoms with Gasteiger partial charge >= 0.3 is 6.09 Å². The van der Waals surface area contributed by atoms with E-state index in [-0.39, 0.29) is 6.09 Å². The Morgan fingerprint density at radius 3 is 2.27 bits per heavy atom. The molecule has 1 aliphatic heterocycles. The molecule has 1 aliphatic rings. The molecule has 1 amide bonds. The molecule has 0 saturated carbocycles. The van der Waals surface area contributed by atoms with E-state index in [9.17, 15) is 4.79 Å². The van der Waals surface area contributed by atoms with Gasteiger partial charge in [-0.2, -0.15) is 0 Å². The number of carbonyl (C=O) groups excluding carboxylic acids is 1. The quantitative estimate of drug-likeness (QED) is 0.858. The maximum atomic E-state index is 12.0. The van der Waals surface area contributed by atoms with Crippen molar-refractivity contribution in [2.75, 3.05) is 31.1 Å². The van der Waals surface area contributed by atoms with E-state index in [4.69, 9.17) is 4.74 Å². The molecule has 0 radical (unpaired) electrons. The topological polar surface area (TPSA) is 58.6 Å². The summed E-state index contributed by atoms with van der Waals surface area (Å²) in [4.78, 5) is 24.7. The first kappa shape index (κ1) is 16.5. The van der Waals surface area contributed by atoms with Crippen molar-refractivity contribution in [2.24, 2.45) is 0 Å². The average molecular weight is 306 g/mol. The van der Waals surface area contributed by atoms with E-state index < -0.39 is 5.60 Å². The largest absolute Gasteiger partial charge is 0.444 e. The summed E-state index contributed by atoms with van der Waals surface area (Å²) in [6, 6.07) is 0. The Bertz CT molecular complexity index is 488. The fourth-order valence-corrected chi connectivity index (χ4v) is 2.34. The van der Waals surface area contributed by atoms with Crippen molar-refractivity contribution in [2.45, 2.75) is 46.1 Å². The molecule has 0 atom stereocenters. The fraction of sp³-hybridized carbons (Fsp3) is 0.688. The lowest BCUT2D eigenvalue weighted by atomic mass is 10.2. The Morgan fingerprint density at radius 2 is 1.77 bits per heavy atom. The standard InChI is InChI=1S/C16H26N4O2/c1-5-6-13-11-17-14(18-12-13)19-7-9-20(10-8-19)15(21)22-16(2,3)4/h11-12H,5-10H2,1-4H3. The molecule has 2 heterocycles. The minimum absolute atomic E-state index is 0.244. The summed E-state index contributed by atoms with van der Waals surface area (Å²) in [5.74, 6) is 0.740. The predicted octanol–water partition coefficient (Wildman–Crippen LogP) is 2.49. The Labute approximate surface area is 132 Å². The van der Waals surface area contributed by atoms with E-state index in [0.717, 1.165) is 31.9 Å². The van der Waals surface area contributed by atoms with Crippen molar-refractivity contribution in [3.63, 3.8) is 0 Å². The minimum Gasteiger partial charge on any atom is -0.444 e. The number of aromatic nitrogens is 2. The summed E-state index contributed by atoms with van der Waals surface area (Å²) >= 11 is 0. The van der Waals surface area contributed by atoms with Crippen LogP contribution in [0.4, 0.5) is 10.7 Å². The molecule has 0 spiro atoms. The Kier molecular flexibility index (Phi) is 5.21. The highest BCUT2D eigenvalue weighted by atomic mass is 16.6. The van der Waals surface area contributed by atoms with E-state index >= 15 is 0 Å². The van der Waals surface area contributed by atoms with Gasteiger partial charge in [-0.1, -0.05) is 13.3 Å². The SMILES string of the molecule is CCCc1cnc(N2CCN(C(=O)OC(C)(C)C)CC2)nc1. The van der Waals surface area contributed by atoms with E-state index in [1.807, 2.05) is 33.2 Å². The van der Waals surface area contributed by atoms with Crippen LogP contribution in [0.5, 0.6) is 0 Å². The van der Waals surface area contributed by atoms with E-state index in [1.54, 1.807) is 4.90 Å². The summed E-state index contributed by atoms with van der Waals surface area (Å²) < 4.78 is 5.40. The number of carbonyl (C=O) groups is 1. The van der Waals surface area contributed by atoms with Gasteiger partial charge < -0.3 is 14.5 Å². The fourth-order valence-electron chi connectivity index (χ4n) is 2.34. The molecule has 0 aliphatic carbocycles. The van der Waals surface area contributed by atoms with Crippen LogP contribution in [0.15, 0.2) is 12.4 Å². The molecule has 2 rings (SSSR count). The Hall–Kier alpha value is -1.85. The zero-order chi connectivity index (χ0) is 16.2. The normalized spacial score (nSPS) is 15.8. The molecule has 1 fully saturated rings. The first-order chi connectivity index (χ1) is 10.4. The third-order valence-electron chi connectivity index (χ3n) is 3.44. The van der Waals surface area contributed by atoms with Crippen LogP contribution in [-0.4, -0.2) is 52.7 Å². The smallest absolute Gasteiger partial charge is 0.410 e. The van der Waals surface area contributed by atoms with Crippen molar-refractivity contribution in [1.29, 1.82) is 0 Å². The van der Waals surface area contributed by atoms with Crippen LogP contribution in [0, 0.1) is 0 Å². The van der Waals surface area contributed by atoms with E-state index in [0.29, 0.717) is 13.1 Å². The number of anilines is 1. The first-order valence-corrected chi connectivity index (χ1v) is 7.93. The molecule has 0 N–H and O–H groups in total. The third kappa shape index (κ3) is 4.58. The highest BCUT2D eigenvalue weighted by Crippen LogP contribution is 2.14. The van der Waals surface area contributed by atoms with Crippen LogP contribution in [0.1, 0.15) is 39.7 Å². The first-order valence-electron chi connectivity index (χ1n) is 7.93. The minimum atomic E-state index is -0.452. The van der Waals surface area contributed by atoms with Crippen molar-refractivity contribution in [3.05, 3.63) is 18.0 Å². The zero-order valence-corrected chi connectivity index (χ0v) is 14.0. The number of hydrogen-bond acceptors (Lipinski definition) is 5. The lowest BCUT2D eigenvalue weighted by Gasteiger charge is -2.35. The second-order valence-electron chi connectivity index (χ2n) is 6.60. The summed E-state index contributed by atoms with van der Waals surface area (Å²) in [5, 5.41) is 0. The van der Waals surface area contributed by atoms with Gasteiger partial charge in [-0.15, -0.1) is 0 Å². The maximum Gasteiger partial charge on any atom is 0.410 e. The number of aryl methyl sites for hydroxylation is 1. The number of piperazine rings is 1. The van der Waals surface area contributed by atoms with Gasteiger partial charge in [0.1, 0.15) is 5.60 Å². The predicted molar refractivity (Wildman–Crippen MR) is 86.0 cm³/mol. The summed E-state index contributed by atoms with van der Waals surface area (Å²) in [7, 11) is 0. The Morgan fingerprint density at radius 1 is 1.18 bits per heavy atom. The van der Waals surface area contributed by atoms with E-state index in [1.165, 1.54) is 5.56 Å². The van der Waals surface area contributed by atoms with Crippen LogP contribution in [0.2, 0.25) is 0 Å². The third-order valence-corrected chi connectivity index (χ3v) is 3.44. The van der Waals surface area contributed by atoms with Crippen molar-refractivity contribution in [1.82, 2.24) is 14.9 Å². The summed E-state index contributed by atoms with van der Waals surface area (Å²) in [6.45, 7) is 10.5. The summed E-state index contributed by atoms with van der Waals surface area (Å²) in [6.07, 6.45) is 5.65.